The van der Waals surface area contributed by atoms with Crippen molar-refractivity contribution in [3.05, 3.63) is 94.9 Å². The summed E-state index contributed by atoms with van der Waals surface area (Å²) in [4.78, 5) is 25.4. The topological polar surface area (TPSA) is 89.9 Å². The number of phenols is 1. The van der Waals surface area contributed by atoms with Crippen molar-refractivity contribution in [3.8, 4) is 11.5 Å². The van der Waals surface area contributed by atoms with Crippen molar-refractivity contribution in [2.75, 3.05) is 0 Å². The number of aryl methyl sites for hydroxylation is 2. The summed E-state index contributed by atoms with van der Waals surface area (Å²) in [7, 11) is 0. The van der Waals surface area contributed by atoms with Crippen molar-refractivity contribution in [1.29, 1.82) is 0 Å². The van der Waals surface area contributed by atoms with E-state index in [1.165, 1.54) is 12.8 Å². The first-order valence-corrected chi connectivity index (χ1v) is 16.4. The molecule has 2 fully saturated rings. The second kappa shape index (κ2) is 13.8. The fourth-order valence-corrected chi connectivity index (χ4v) is 6.81. The standard InChI is InChI=1S/C23H24O3.C16H18O3/c1-16-20-14-19(25-15-17-8-4-2-5-9-17)12-13-21(20)26-23(16)22(24)18-10-6-3-7-11-18;1-10-13-9-12(17)7-8-14(13)19-16(10)15(18)11-5-3-2-4-6-11/h2,4-5,8-9,12-14,18H,3,6-7,10-11,15H2,1H3;7-9,11,17H,2-6H2,1H3. The van der Waals surface area contributed by atoms with Gasteiger partial charge in [-0.25, -0.2) is 0 Å². The maximum absolute atomic E-state index is 12.9. The summed E-state index contributed by atoms with van der Waals surface area (Å²) in [5.74, 6) is 2.55. The first-order valence-electron chi connectivity index (χ1n) is 16.4. The fraction of sp³-hybridized carbons (Fsp3) is 0.385. The minimum Gasteiger partial charge on any atom is -0.508 e. The summed E-state index contributed by atoms with van der Waals surface area (Å²) < 4.78 is 17.5. The van der Waals surface area contributed by atoms with Gasteiger partial charge in [-0.2, -0.15) is 0 Å². The van der Waals surface area contributed by atoms with E-state index in [0.29, 0.717) is 23.7 Å². The van der Waals surface area contributed by atoms with Crippen molar-refractivity contribution in [1.82, 2.24) is 0 Å². The van der Waals surface area contributed by atoms with Crippen LogP contribution in [0.15, 0.2) is 75.6 Å². The summed E-state index contributed by atoms with van der Waals surface area (Å²) in [6.07, 6.45) is 11.0. The van der Waals surface area contributed by atoms with Crippen LogP contribution < -0.4 is 4.74 Å². The van der Waals surface area contributed by atoms with Crippen molar-refractivity contribution in [2.24, 2.45) is 11.8 Å². The molecule has 0 amide bonds. The number of fused-ring (bicyclic) bond motifs is 2. The molecular weight excluding hydrogens is 564 g/mol. The molecule has 45 heavy (non-hydrogen) atoms. The Hall–Kier alpha value is -4.32. The third-order valence-corrected chi connectivity index (χ3v) is 9.48. The SMILES string of the molecule is Cc1c(C(=O)C2CCCCC2)oc2ccc(O)cc12.Cc1c(C(=O)C2CCCCC2)oc2ccc(OCc3ccccc3)cc12. The van der Waals surface area contributed by atoms with Crippen molar-refractivity contribution in [3.63, 3.8) is 0 Å². The molecule has 2 heterocycles. The lowest BCUT2D eigenvalue weighted by atomic mass is 9.85. The molecule has 2 aromatic heterocycles. The largest absolute Gasteiger partial charge is 0.508 e. The highest BCUT2D eigenvalue weighted by Gasteiger charge is 2.28. The first kappa shape index (κ1) is 30.7. The Bertz CT molecular complexity index is 1780. The number of phenolic OH excluding ortho intramolecular Hbond substituents is 1. The molecule has 0 bridgehead atoms. The molecule has 0 unspecified atom stereocenters. The summed E-state index contributed by atoms with van der Waals surface area (Å²) >= 11 is 0. The highest BCUT2D eigenvalue weighted by atomic mass is 16.5. The maximum atomic E-state index is 12.9. The summed E-state index contributed by atoms with van der Waals surface area (Å²) in [5.41, 5.74) is 4.34. The minimum absolute atomic E-state index is 0.113. The van der Waals surface area contributed by atoms with Crippen molar-refractivity contribution >= 4 is 33.5 Å². The van der Waals surface area contributed by atoms with Crippen molar-refractivity contribution < 1.29 is 28.3 Å². The molecule has 7 rings (SSSR count). The van der Waals surface area contributed by atoms with Gasteiger partial charge in [0, 0.05) is 33.7 Å². The Morgan fingerprint density at radius 2 is 1.20 bits per heavy atom. The molecule has 6 heteroatoms. The van der Waals surface area contributed by atoms with Crippen LogP contribution >= 0.6 is 0 Å². The highest BCUT2D eigenvalue weighted by Crippen LogP contribution is 2.35. The van der Waals surface area contributed by atoms with E-state index >= 15 is 0 Å². The van der Waals surface area contributed by atoms with E-state index in [-0.39, 0.29) is 29.2 Å². The Balaban J connectivity index is 0.000000167. The normalized spacial score (nSPS) is 16.0. The second-order valence-corrected chi connectivity index (χ2v) is 12.6. The van der Waals surface area contributed by atoms with Crippen LogP contribution in [0.25, 0.3) is 21.9 Å². The Morgan fingerprint density at radius 3 is 1.76 bits per heavy atom. The molecule has 2 aliphatic carbocycles. The number of ether oxygens (including phenoxy) is 1. The molecule has 2 aliphatic rings. The number of carbonyl (C=O) groups excluding carboxylic acids is 2. The van der Waals surface area contributed by atoms with Gasteiger partial charge < -0.3 is 18.7 Å². The van der Waals surface area contributed by atoms with Crippen molar-refractivity contribution in [2.45, 2.75) is 84.7 Å². The average Bonchev–Trinajstić information content (AvgIpc) is 3.60. The van der Waals surface area contributed by atoms with Gasteiger partial charge in [0.25, 0.3) is 0 Å². The van der Waals surface area contributed by atoms with Crippen LogP contribution in [0.3, 0.4) is 0 Å². The Kier molecular flexibility index (Phi) is 9.39. The molecule has 3 aromatic carbocycles. The van der Waals surface area contributed by atoms with Crippen LogP contribution in [0.4, 0.5) is 0 Å². The molecule has 6 nitrogen and oxygen atoms in total. The van der Waals surface area contributed by atoms with Gasteiger partial charge in [0.2, 0.25) is 11.6 Å². The highest BCUT2D eigenvalue weighted by molar-refractivity contribution is 6.02. The van der Waals surface area contributed by atoms with Gasteiger partial charge in [-0.05, 0) is 81.5 Å². The van der Waals surface area contributed by atoms with E-state index in [1.54, 1.807) is 18.2 Å². The summed E-state index contributed by atoms with van der Waals surface area (Å²) in [6.45, 7) is 4.39. The molecule has 0 radical (unpaired) electrons. The van der Waals surface area contributed by atoms with Crippen LogP contribution in [-0.4, -0.2) is 16.7 Å². The molecule has 2 saturated carbocycles. The monoisotopic (exact) mass is 606 g/mol. The number of carbonyl (C=O) groups is 2. The molecular formula is C39H42O6. The van der Waals surface area contributed by atoms with Gasteiger partial charge in [-0.1, -0.05) is 68.9 Å². The van der Waals surface area contributed by atoms with E-state index in [2.05, 4.69) is 0 Å². The van der Waals surface area contributed by atoms with Gasteiger partial charge in [-0.3, -0.25) is 9.59 Å². The third kappa shape index (κ3) is 6.85. The van der Waals surface area contributed by atoms with E-state index in [4.69, 9.17) is 13.6 Å². The lowest BCUT2D eigenvalue weighted by molar-refractivity contribution is 0.0855. The number of benzene rings is 3. The molecule has 0 saturated heterocycles. The van der Waals surface area contributed by atoms with E-state index in [9.17, 15) is 14.7 Å². The van der Waals surface area contributed by atoms with Gasteiger partial charge in [0.15, 0.2) is 11.5 Å². The van der Waals surface area contributed by atoms with Gasteiger partial charge in [-0.15, -0.1) is 0 Å². The van der Waals surface area contributed by atoms with Crippen LogP contribution in [0, 0.1) is 25.7 Å². The van der Waals surface area contributed by atoms with E-state index < -0.39 is 0 Å². The zero-order valence-electron chi connectivity index (χ0n) is 26.3. The van der Waals surface area contributed by atoms with Gasteiger partial charge in [0.1, 0.15) is 29.3 Å². The fourth-order valence-electron chi connectivity index (χ4n) is 6.81. The maximum Gasteiger partial charge on any atom is 0.201 e. The third-order valence-electron chi connectivity index (χ3n) is 9.48. The van der Waals surface area contributed by atoms with Crippen LogP contribution in [0.1, 0.15) is 102 Å². The number of furan rings is 2. The number of hydrogen-bond donors (Lipinski definition) is 1. The predicted molar refractivity (Wildman–Crippen MR) is 176 cm³/mol. The zero-order chi connectivity index (χ0) is 31.3. The quantitative estimate of drug-likeness (QED) is 0.185. The molecule has 5 aromatic rings. The number of aromatic hydroxyl groups is 1. The number of rotatable bonds is 7. The molecule has 0 aliphatic heterocycles. The minimum atomic E-state index is 0.113. The molecule has 0 spiro atoms. The summed E-state index contributed by atoms with van der Waals surface area (Å²) in [5, 5.41) is 11.3. The van der Waals surface area contributed by atoms with Crippen LogP contribution in [-0.2, 0) is 6.61 Å². The Labute approximate surface area is 264 Å². The lowest BCUT2D eigenvalue weighted by Crippen LogP contribution is -2.17. The zero-order valence-corrected chi connectivity index (χ0v) is 26.3. The number of hydrogen-bond acceptors (Lipinski definition) is 6. The van der Waals surface area contributed by atoms with E-state index in [1.807, 2.05) is 62.4 Å². The number of ketones is 2. The predicted octanol–water partition coefficient (Wildman–Crippen LogP) is 10.3. The number of Topliss-reactive ketones (excluding diaryl/α,β-unsaturated/α-hetero) is 2. The van der Waals surface area contributed by atoms with Crippen LogP contribution in [0.2, 0.25) is 0 Å². The van der Waals surface area contributed by atoms with Crippen LogP contribution in [0.5, 0.6) is 11.5 Å². The second-order valence-electron chi connectivity index (χ2n) is 12.6. The smallest absolute Gasteiger partial charge is 0.201 e. The average molecular weight is 607 g/mol. The van der Waals surface area contributed by atoms with E-state index in [0.717, 1.165) is 90.2 Å². The molecule has 0 atom stereocenters. The van der Waals surface area contributed by atoms with Gasteiger partial charge in [0.05, 0.1) is 0 Å². The molecule has 234 valence electrons. The Morgan fingerprint density at radius 1 is 0.689 bits per heavy atom. The lowest BCUT2D eigenvalue weighted by Gasteiger charge is -2.19. The molecule has 1 N–H and O–H groups in total. The first-order chi connectivity index (χ1) is 21.9. The summed E-state index contributed by atoms with van der Waals surface area (Å²) in [6, 6.07) is 20.8. The van der Waals surface area contributed by atoms with Gasteiger partial charge >= 0.3 is 0 Å².